The van der Waals surface area contributed by atoms with Crippen molar-refractivity contribution in [1.82, 2.24) is 14.5 Å². The molecule has 2 aliphatic carbocycles. The number of amides is 1. The van der Waals surface area contributed by atoms with Gasteiger partial charge in [0.25, 0.3) is 0 Å². The summed E-state index contributed by atoms with van der Waals surface area (Å²) in [5.41, 5.74) is 2.46. The van der Waals surface area contributed by atoms with Crippen LogP contribution in [0.5, 0.6) is 0 Å². The van der Waals surface area contributed by atoms with Gasteiger partial charge in [0.2, 0.25) is 5.95 Å². The molecule has 2 fully saturated rings. The summed E-state index contributed by atoms with van der Waals surface area (Å²) in [5.74, 6) is 1.63. The smallest absolute Gasteiger partial charge is 0.417 e. The lowest BCUT2D eigenvalue weighted by atomic mass is 9.84. The number of benzene rings is 1. The molecule has 3 aliphatic rings. The van der Waals surface area contributed by atoms with Crippen LogP contribution in [0, 0.1) is 11.3 Å². The third-order valence-corrected chi connectivity index (χ3v) is 6.40. The maximum atomic E-state index is 12.4. The van der Waals surface area contributed by atoms with Crippen LogP contribution in [0.4, 0.5) is 10.7 Å². The second-order valence-corrected chi connectivity index (χ2v) is 7.99. The average Bonchev–Trinajstić information content (AvgIpc) is 3.32. The van der Waals surface area contributed by atoms with E-state index in [4.69, 9.17) is 4.74 Å². The molecule has 2 heterocycles. The molecular weight excluding hydrogens is 316 g/mol. The van der Waals surface area contributed by atoms with Gasteiger partial charge in [0.1, 0.15) is 0 Å². The molecule has 6 nitrogen and oxygen atoms in total. The summed E-state index contributed by atoms with van der Waals surface area (Å²) in [7, 11) is 1.44. The van der Waals surface area contributed by atoms with Gasteiger partial charge in [0, 0.05) is 6.54 Å². The first-order valence-corrected chi connectivity index (χ1v) is 9.21. The van der Waals surface area contributed by atoms with Gasteiger partial charge >= 0.3 is 6.09 Å². The molecule has 0 radical (unpaired) electrons. The number of carbonyl (C=O) groups excluding carboxylic acids is 1. The van der Waals surface area contributed by atoms with Crippen molar-refractivity contribution in [3.05, 3.63) is 24.3 Å². The predicted molar refractivity (Wildman–Crippen MR) is 95.2 cm³/mol. The topological polar surface area (TPSA) is 50.6 Å². The number of carbonyl (C=O) groups is 1. The first kappa shape index (κ1) is 15.2. The number of aromatic nitrogens is 2. The van der Waals surface area contributed by atoms with E-state index in [-0.39, 0.29) is 6.09 Å². The van der Waals surface area contributed by atoms with Crippen molar-refractivity contribution < 1.29 is 9.53 Å². The van der Waals surface area contributed by atoms with Crippen molar-refractivity contribution in [2.45, 2.75) is 38.8 Å². The minimum absolute atomic E-state index is 0.338. The Kier molecular flexibility index (Phi) is 3.32. The van der Waals surface area contributed by atoms with Crippen LogP contribution < -0.4 is 4.90 Å². The number of imidazole rings is 1. The van der Waals surface area contributed by atoms with Crippen molar-refractivity contribution in [2.75, 3.05) is 25.2 Å². The van der Waals surface area contributed by atoms with Gasteiger partial charge in [-0.15, -0.1) is 0 Å². The quantitative estimate of drug-likeness (QED) is 0.840. The zero-order valence-electron chi connectivity index (χ0n) is 14.6. The summed E-state index contributed by atoms with van der Waals surface area (Å²) >= 11 is 0. The van der Waals surface area contributed by atoms with E-state index < -0.39 is 0 Å². The van der Waals surface area contributed by atoms with E-state index >= 15 is 0 Å². The molecule has 1 aliphatic heterocycles. The van der Waals surface area contributed by atoms with E-state index in [2.05, 4.69) is 20.5 Å². The minimum Gasteiger partial charge on any atom is -0.452 e. The van der Waals surface area contributed by atoms with E-state index in [0.717, 1.165) is 30.2 Å². The number of rotatable bonds is 2. The van der Waals surface area contributed by atoms with Crippen molar-refractivity contribution in [1.29, 1.82) is 0 Å². The van der Waals surface area contributed by atoms with Crippen LogP contribution in [0.1, 0.15) is 32.1 Å². The normalized spacial score (nSPS) is 28.5. The highest BCUT2D eigenvalue weighted by molar-refractivity contribution is 5.89. The maximum Gasteiger partial charge on any atom is 0.417 e. The van der Waals surface area contributed by atoms with E-state index in [1.54, 1.807) is 4.90 Å². The van der Waals surface area contributed by atoms with Gasteiger partial charge in [0.15, 0.2) is 0 Å². The first-order valence-electron chi connectivity index (χ1n) is 9.21. The second kappa shape index (κ2) is 5.46. The van der Waals surface area contributed by atoms with Crippen LogP contribution in [-0.4, -0.2) is 40.9 Å². The lowest BCUT2D eigenvalue weighted by Gasteiger charge is -2.39. The molecule has 0 unspecified atom stereocenters. The van der Waals surface area contributed by atoms with Gasteiger partial charge in [-0.3, -0.25) is 9.47 Å². The Bertz CT molecular complexity index is 822. The molecule has 1 amide bonds. The molecule has 2 bridgehead atoms. The summed E-state index contributed by atoms with van der Waals surface area (Å²) < 4.78 is 7.17. The predicted octanol–water partition coefficient (Wildman–Crippen LogP) is 3.42. The van der Waals surface area contributed by atoms with E-state index in [1.807, 2.05) is 18.2 Å². The summed E-state index contributed by atoms with van der Waals surface area (Å²) in [6.07, 6.45) is 6.46. The van der Waals surface area contributed by atoms with Crippen LogP contribution in [-0.2, 0) is 11.4 Å². The van der Waals surface area contributed by atoms with Crippen molar-refractivity contribution >= 4 is 23.1 Å². The summed E-state index contributed by atoms with van der Waals surface area (Å²) in [6, 6.07) is 8.08. The molecule has 0 saturated heterocycles. The number of methoxy groups -OCH3 is 1. The number of fused-ring (bicyclic) bond motifs is 5. The van der Waals surface area contributed by atoms with Crippen LogP contribution in [0.25, 0.3) is 11.0 Å². The fourth-order valence-corrected chi connectivity index (χ4v) is 5.27. The molecule has 25 heavy (non-hydrogen) atoms. The third kappa shape index (κ3) is 2.34. The Morgan fingerprint density at radius 2 is 2.08 bits per heavy atom. The lowest BCUT2D eigenvalue weighted by molar-refractivity contribution is 0.108. The molecule has 0 atom stereocenters. The van der Waals surface area contributed by atoms with Gasteiger partial charge in [-0.05, 0) is 55.6 Å². The zero-order valence-corrected chi connectivity index (χ0v) is 14.6. The van der Waals surface area contributed by atoms with Gasteiger partial charge in [0.05, 0.1) is 31.5 Å². The zero-order chi connectivity index (χ0) is 17.0. The molecule has 2 saturated carbocycles. The van der Waals surface area contributed by atoms with Crippen LogP contribution >= 0.6 is 0 Å². The van der Waals surface area contributed by atoms with Crippen LogP contribution in [0.3, 0.4) is 0 Å². The molecule has 2 aromatic rings. The van der Waals surface area contributed by atoms with E-state index in [0.29, 0.717) is 18.0 Å². The molecular formula is C19H24N4O2. The highest BCUT2D eigenvalue weighted by Crippen LogP contribution is 2.54. The van der Waals surface area contributed by atoms with Gasteiger partial charge in [-0.2, -0.15) is 0 Å². The van der Waals surface area contributed by atoms with Gasteiger partial charge < -0.3 is 4.74 Å². The Labute approximate surface area is 147 Å². The van der Waals surface area contributed by atoms with Gasteiger partial charge in [-0.25, -0.2) is 14.7 Å². The number of para-hydroxylation sites is 2. The molecule has 1 aromatic heterocycles. The highest BCUT2D eigenvalue weighted by atomic mass is 16.5. The molecule has 6 heteroatoms. The largest absolute Gasteiger partial charge is 0.452 e. The number of hydrogen-bond donors (Lipinski definition) is 0. The van der Waals surface area contributed by atoms with E-state index in [1.165, 1.54) is 39.2 Å². The highest BCUT2D eigenvalue weighted by Gasteiger charge is 2.46. The third-order valence-electron chi connectivity index (χ3n) is 6.40. The summed E-state index contributed by atoms with van der Waals surface area (Å²) in [5, 5.41) is 0. The van der Waals surface area contributed by atoms with Crippen molar-refractivity contribution in [3.8, 4) is 0 Å². The van der Waals surface area contributed by atoms with Crippen molar-refractivity contribution in [2.24, 2.45) is 11.3 Å². The average molecular weight is 340 g/mol. The molecule has 5 rings (SSSR count). The summed E-state index contributed by atoms with van der Waals surface area (Å²) in [6.45, 7) is 2.40. The second-order valence-electron chi connectivity index (χ2n) is 7.99. The fourth-order valence-electron chi connectivity index (χ4n) is 5.27. The number of anilines is 1. The lowest BCUT2D eigenvalue weighted by Crippen LogP contribution is -2.50. The van der Waals surface area contributed by atoms with Crippen LogP contribution in [0.2, 0.25) is 0 Å². The Hall–Kier alpha value is -2.08. The number of hydrogen-bond acceptors (Lipinski definition) is 4. The van der Waals surface area contributed by atoms with Gasteiger partial charge in [-0.1, -0.05) is 12.1 Å². The molecule has 0 spiro atoms. The number of ether oxygens (including phenoxy) is 1. The Morgan fingerprint density at radius 3 is 2.80 bits per heavy atom. The SMILES string of the molecule is COC(=O)N1CN(CC23CCC(CC2)C3)Cn2c1nc1ccccc12. The van der Waals surface area contributed by atoms with Crippen molar-refractivity contribution in [3.63, 3.8) is 0 Å². The standard InChI is InChI=1S/C19H24N4O2/c1-25-18(24)23-13-21(11-19-8-6-14(10-19)7-9-19)12-22-16-5-3-2-4-15(16)20-17(22)23/h2-5,14H,6-13H2,1H3. The Morgan fingerprint density at radius 1 is 1.28 bits per heavy atom. The molecule has 132 valence electrons. The fraction of sp³-hybridized carbons (Fsp3) is 0.579. The maximum absolute atomic E-state index is 12.4. The van der Waals surface area contributed by atoms with Crippen LogP contribution in [0.15, 0.2) is 24.3 Å². The molecule has 1 aromatic carbocycles. The Balaban J connectivity index is 1.50. The monoisotopic (exact) mass is 340 g/mol. The molecule has 0 N–H and O–H groups in total. The summed E-state index contributed by atoms with van der Waals surface area (Å²) in [4.78, 5) is 21.1. The first-order chi connectivity index (χ1) is 12.2. The number of nitrogens with zero attached hydrogens (tertiary/aromatic N) is 4. The minimum atomic E-state index is -0.338. The van der Waals surface area contributed by atoms with E-state index in [9.17, 15) is 4.79 Å².